The second-order valence-electron chi connectivity index (χ2n) is 6.68. The van der Waals surface area contributed by atoms with Gasteiger partial charge in [-0.2, -0.15) is 5.10 Å². The molecule has 2 atom stereocenters. The first kappa shape index (κ1) is 17.1. The minimum atomic E-state index is -0.597. The Bertz CT molecular complexity index is 633. The number of aliphatic hydroxyl groups excluding tert-OH is 2. The first-order chi connectivity index (χ1) is 11.7. The van der Waals surface area contributed by atoms with Crippen LogP contribution in [-0.2, 0) is 6.54 Å². The van der Waals surface area contributed by atoms with Gasteiger partial charge < -0.3 is 15.5 Å². The molecule has 0 amide bonds. The summed E-state index contributed by atoms with van der Waals surface area (Å²) in [5, 5.41) is 27.0. The van der Waals surface area contributed by atoms with Crippen LogP contribution in [0.3, 0.4) is 0 Å². The van der Waals surface area contributed by atoms with Crippen LogP contribution in [0.25, 0.3) is 11.3 Å². The molecule has 24 heavy (non-hydrogen) atoms. The summed E-state index contributed by atoms with van der Waals surface area (Å²) in [5.74, 6) is 0. The van der Waals surface area contributed by atoms with Crippen LogP contribution in [-0.4, -0.2) is 38.7 Å². The fraction of sp³-hybridized carbons (Fsp3) is 0.526. The molecule has 0 aliphatic heterocycles. The fourth-order valence-electron chi connectivity index (χ4n) is 3.50. The molecule has 5 nitrogen and oxygen atoms in total. The maximum absolute atomic E-state index is 9.71. The predicted octanol–water partition coefficient (Wildman–Crippen LogP) is 2.50. The van der Waals surface area contributed by atoms with Crippen molar-refractivity contribution in [2.24, 2.45) is 0 Å². The summed E-state index contributed by atoms with van der Waals surface area (Å²) >= 11 is 0. The van der Waals surface area contributed by atoms with Gasteiger partial charge >= 0.3 is 0 Å². The zero-order valence-corrected chi connectivity index (χ0v) is 14.2. The number of benzene rings is 1. The van der Waals surface area contributed by atoms with E-state index in [1.807, 2.05) is 24.4 Å². The van der Waals surface area contributed by atoms with E-state index in [0.29, 0.717) is 12.6 Å². The molecule has 1 aliphatic rings. The van der Waals surface area contributed by atoms with Gasteiger partial charge in [-0.1, -0.05) is 43.2 Å². The molecule has 0 radical (unpaired) electrons. The topological polar surface area (TPSA) is 70.3 Å². The van der Waals surface area contributed by atoms with Gasteiger partial charge in [0.15, 0.2) is 0 Å². The van der Waals surface area contributed by atoms with E-state index < -0.39 is 6.10 Å². The molecule has 2 aromatic rings. The van der Waals surface area contributed by atoms with E-state index in [2.05, 4.69) is 27.2 Å². The Morgan fingerprint density at radius 3 is 2.58 bits per heavy atom. The van der Waals surface area contributed by atoms with Crippen LogP contribution in [0.15, 0.2) is 36.5 Å². The van der Waals surface area contributed by atoms with Crippen LogP contribution in [0.2, 0.25) is 0 Å². The standard InChI is InChI=1S/C19H27N3O2/c1-14(24)18(13-23)20-11-16-12-21-22(17-9-5-6-10-17)19(16)15-7-3-2-4-8-15/h2-4,7-8,12,14,17-18,20,23-24H,5-6,9-11,13H2,1H3/t14-,18-/m1/s1. The molecule has 3 rings (SSSR count). The van der Waals surface area contributed by atoms with E-state index in [-0.39, 0.29) is 12.6 Å². The third kappa shape index (κ3) is 3.69. The minimum absolute atomic E-state index is 0.0882. The van der Waals surface area contributed by atoms with Crippen molar-refractivity contribution in [1.29, 1.82) is 0 Å². The molecule has 1 aromatic carbocycles. The predicted molar refractivity (Wildman–Crippen MR) is 94.6 cm³/mol. The number of aliphatic hydroxyl groups is 2. The highest BCUT2D eigenvalue weighted by molar-refractivity contribution is 5.63. The number of aromatic nitrogens is 2. The Balaban J connectivity index is 1.88. The maximum atomic E-state index is 9.71. The summed E-state index contributed by atoms with van der Waals surface area (Å²) in [6.45, 7) is 2.18. The monoisotopic (exact) mass is 329 g/mol. The molecule has 0 unspecified atom stereocenters. The van der Waals surface area contributed by atoms with Gasteiger partial charge in [0.25, 0.3) is 0 Å². The van der Waals surface area contributed by atoms with E-state index >= 15 is 0 Å². The van der Waals surface area contributed by atoms with Crippen molar-refractivity contribution in [1.82, 2.24) is 15.1 Å². The lowest BCUT2D eigenvalue weighted by Gasteiger charge is -2.20. The molecule has 3 N–H and O–H groups in total. The highest BCUT2D eigenvalue weighted by Gasteiger charge is 2.23. The minimum Gasteiger partial charge on any atom is -0.395 e. The molecular formula is C19H27N3O2. The van der Waals surface area contributed by atoms with Gasteiger partial charge in [-0.15, -0.1) is 0 Å². The summed E-state index contributed by atoms with van der Waals surface area (Å²) in [7, 11) is 0. The van der Waals surface area contributed by atoms with Crippen LogP contribution < -0.4 is 5.32 Å². The van der Waals surface area contributed by atoms with Gasteiger partial charge in [0.1, 0.15) is 0 Å². The van der Waals surface area contributed by atoms with Crippen LogP contribution in [0.4, 0.5) is 0 Å². The molecular weight excluding hydrogens is 302 g/mol. The zero-order chi connectivity index (χ0) is 16.9. The molecule has 1 fully saturated rings. The molecule has 0 bridgehead atoms. The van der Waals surface area contributed by atoms with E-state index in [1.165, 1.54) is 25.7 Å². The van der Waals surface area contributed by atoms with Crippen LogP contribution in [0.5, 0.6) is 0 Å². The normalized spacial score (nSPS) is 18.0. The van der Waals surface area contributed by atoms with Crippen molar-refractivity contribution in [3.63, 3.8) is 0 Å². The van der Waals surface area contributed by atoms with Crippen molar-refractivity contribution in [2.75, 3.05) is 6.61 Å². The van der Waals surface area contributed by atoms with E-state index in [0.717, 1.165) is 16.8 Å². The average molecular weight is 329 g/mol. The smallest absolute Gasteiger partial charge is 0.0730 e. The Morgan fingerprint density at radius 2 is 1.96 bits per heavy atom. The van der Waals surface area contributed by atoms with Gasteiger partial charge in [0.2, 0.25) is 0 Å². The maximum Gasteiger partial charge on any atom is 0.0730 e. The molecule has 1 heterocycles. The second-order valence-corrected chi connectivity index (χ2v) is 6.68. The number of hydrogen-bond acceptors (Lipinski definition) is 4. The summed E-state index contributed by atoms with van der Waals surface area (Å²) in [5.41, 5.74) is 3.42. The zero-order valence-electron chi connectivity index (χ0n) is 14.2. The Hall–Kier alpha value is -1.69. The van der Waals surface area contributed by atoms with Crippen molar-refractivity contribution < 1.29 is 10.2 Å². The van der Waals surface area contributed by atoms with E-state index in [4.69, 9.17) is 0 Å². The number of rotatable bonds is 7. The molecule has 0 spiro atoms. The highest BCUT2D eigenvalue weighted by Crippen LogP contribution is 2.34. The molecule has 130 valence electrons. The summed E-state index contributed by atoms with van der Waals surface area (Å²) in [6.07, 6.45) is 6.22. The van der Waals surface area contributed by atoms with Crippen molar-refractivity contribution in [2.45, 2.75) is 57.3 Å². The largest absolute Gasteiger partial charge is 0.395 e. The lowest BCUT2D eigenvalue weighted by molar-refractivity contribution is 0.103. The molecule has 1 aromatic heterocycles. The molecule has 1 aliphatic carbocycles. The third-order valence-electron chi connectivity index (χ3n) is 4.92. The Labute approximate surface area is 143 Å². The lowest BCUT2D eigenvalue weighted by Crippen LogP contribution is -2.40. The van der Waals surface area contributed by atoms with Crippen LogP contribution in [0.1, 0.15) is 44.2 Å². The molecule has 1 saturated carbocycles. The van der Waals surface area contributed by atoms with E-state index in [9.17, 15) is 10.2 Å². The van der Waals surface area contributed by atoms with Gasteiger partial charge in [-0.25, -0.2) is 0 Å². The van der Waals surface area contributed by atoms with Crippen LogP contribution >= 0.6 is 0 Å². The quantitative estimate of drug-likeness (QED) is 0.730. The Kier molecular flexibility index (Phi) is 5.66. The summed E-state index contributed by atoms with van der Waals surface area (Å²) in [4.78, 5) is 0. The Morgan fingerprint density at radius 1 is 1.25 bits per heavy atom. The number of nitrogens with zero attached hydrogens (tertiary/aromatic N) is 2. The van der Waals surface area contributed by atoms with Gasteiger partial charge in [-0.3, -0.25) is 4.68 Å². The van der Waals surface area contributed by atoms with Crippen molar-refractivity contribution >= 4 is 0 Å². The SMILES string of the molecule is C[C@@H](O)[C@@H](CO)NCc1cnn(C2CCCC2)c1-c1ccccc1. The van der Waals surface area contributed by atoms with Crippen LogP contribution in [0, 0.1) is 0 Å². The second kappa shape index (κ2) is 7.92. The average Bonchev–Trinajstić information content (AvgIpc) is 3.25. The van der Waals surface area contributed by atoms with E-state index in [1.54, 1.807) is 6.92 Å². The summed E-state index contributed by atoms with van der Waals surface area (Å²) < 4.78 is 2.18. The number of hydrogen-bond donors (Lipinski definition) is 3. The first-order valence-corrected chi connectivity index (χ1v) is 8.85. The lowest BCUT2D eigenvalue weighted by atomic mass is 10.1. The highest BCUT2D eigenvalue weighted by atomic mass is 16.3. The first-order valence-electron chi connectivity index (χ1n) is 8.85. The molecule has 0 saturated heterocycles. The fourth-order valence-corrected chi connectivity index (χ4v) is 3.50. The number of nitrogens with one attached hydrogen (secondary N) is 1. The van der Waals surface area contributed by atoms with Gasteiger partial charge in [0, 0.05) is 17.7 Å². The van der Waals surface area contributed by atoms with Gasteiger partial charge in [-0.05, 0) is 19.8 Å². The molecule has 5 heteroatoms. The van der Waals surface area contributed by atoms with Crippen molar-refractivity contribution in [3.05, 3.63) is 42.1 Å². The van der Waals surface area contributed by atoms with Gasteiger partial charge in [0.05, 0.1) is 36.7 Å². The third-order valence-corrected chi connectivity index (χ3v) is 4.92. The summed E-state index contributed by atoms with van der Waals surface area (Å²) in [6, 6.07) is 10.5. The van der Waals surface area contributed by atoms with Crippen molar-refractivity contribution in [3.8, 4) is 11.3 Å².